The van der Waals surface area contributed by atoms with Gasteiger partial charge < -0.3 is 18.6 Å². The second-order valence-electron chi connectivity index (χ2n) is 37.1. The molecule has 0 aromatic heterocycles. The maximum Gasteiger partial charge on any atom is 0.494 e. The molecule has 0 saturated carbocycles. The molecule has 10 heteroatoms. The molecule has 2 heterocycles. The summed E-state index contributed by atoms with van der Waals surface area (Å²) in [4.78, 5) is 0. The number of hydrogen-bond acceptors (Lipinski definition) is 4. The Hall–Kier alpha value is -9.03. The zero-order chi connectivity index (χ0) is 80.9. The highest BCUT2D eigenvalue weighted by molar-refractivity contribution is 9.11. The van der Waals surface area contributed by atoms with Crippen LogP contribution in [0.2, 0.25) is 0 Å². The van der Waals surface area contributed by atoms with Crippen LogP contribution in [0.3, 0.4) is 0 Å². The summed E-state index contributed by atoms with van der Waals surface area (Å²) >= 11 is 14.6. The minimum absolute atomic E-state index is 0.0816. The van der Waals surface area contributed by atoms with Gasteiger partial charge in [0.15, 0.2) is 0 Å². The third kappa shape index (κ3) is 10.8. The van der Waals surface area contributed by atoms with Crippen LogP contribution in [0, 0.1) is 0 Å². The van der Waals surface area contributed by atoms with Crippen LogP contribution in [-0.2, 0) is 45.7 Å². The van der Waals surface area contributed by atoms with Crippen molar-refractivity contribution in [1.82, 2.24) is 0 Å². The maximum absolute atomic E-state index is 6.55. The zero-order valence-electron chi connectivity index (χ0n) is 68.4. The van der Waals surface area contributed by atoms with E-state index in [1.165, 1.54) is 178 Å². The molecular weight excluding hydrogens is 1690 g/mol. The van der Waals surface area contributed by atoms with Gasteiger partial charge in [0, 0.05) is 34.1 Å². The van der Waals surface area contributed by atoms with Crippen LogP contribution in [0.5, 0.6) is 0 Å². The highest BCUT2D eigenvalue weighted by Gasteiger charge is 2.58. The zero-order valence-corrected chi connectivity index (χ0v) is 74.7. The van der Waals surface area contributed by atoms with Gasteiger partial charge in [0.1, 0.15) is 0 Å². The second-order valence-corrected chi connectivity index (χ2v) is 40.8. The van der Waals surface area contributed by atoms with Gasteiger partial charge in [0.05, 0.1) is 33.2 Å². The van der Waals surface area contributed by atoms with Crippen molar-refractivity contribution < 1.29 is 18.6 Å². The first-order valence-electron chi connectivity index (χ1n) is 41.0. The number of halogens is 4. The Morgan fingerprint density at radius 1 is 0.188 bits per heavy atom. The van der Waals surface area contributed by atoms with E-state index >= 15 is 0 Å². The predicted octanol–water partition coefficient (Wildman–Crippen LogP) is 27.6. The number of hydrogen-bond donors (Lipinski definition) is 0. The van der Waals surface area contributed by atoms with Crippen molar-refractivity contribution in [1.29, 1.82) is 0 Å². The summed E-state index contributed by atoms with van der Waals surface area (Å²) in [5.41, 5.74) is 41.8. The van der Waals surface area contributed by atoms with Crippen molar-refractivity contribution in [3.8, 4) is 100 Å². The van der Waals surface area contributed by atoms with Crippen molar-refractivity contribution >= 4 is 88.9 Å². The van der Waals surface area contributed by atoms with E-state index in [2.05, 4.69) is 440 Å². The van der Waals surface area contributed by atoms with E-state index in [4.69, 9.17) is 18.6 Å². The van der Waals surface area contributed by atoms with Crippen LogP contribution in [0.25, 0.3) is 100 Å². The molecule has 2 saturated heterocycles. The van der Waals surface area contributed by atoms with Gasteiger partial charge in [-0.1, -0.05) is 312 Å². The first kappa shape index (κ1) is 75.4. The molecule has 0 unspecified atom stereocenters. The van der Waals surface area contributed by atoms with Crippen LogP contribution in [0.1, 0.15) is 175 Å². The average Bonchev–Trinajstić information content (AvgIpc) is 1.51. The first-order chi connectivity index (χ1) is 55.8. The molecule has 2 fully saturated rings. The quantitative estimate of drug-likeness (QED) is 0.165. The van der Waals surface area contributed by atoms with E-state index in [1.807, 2.05) is 0 Å². The van der Waals surface area contributed by atoms with Crippen LogP contribution in [0.4, 0.5) is 0 Å². The molecule has 14 aromatic carbocycles. The Kier molecular flexibility index (Phi) is 16.8. The average molecular weight is 1780 g/mol. The minimum atomic E-state index is -0.489. The van der Waals surface area contributed by atoms with Gasteiger partial charge in [-0.25, -0.2) is 0 Å². The third-order valence-corrected chi connectivity index (χ3v) is 30.8. The fourth-order valence-electron chi connectivity index (χ4n) is 21.4. The van der Waals surface area contributed by atoms with Gasteiger partial charge in [0.25, 0.3) is 0 Å². The van der Waals surface area contributed by atoms with Crippen molar-refractivity contribution in [2.45, 2.75) is 146 Å². The van der Waals surface area contributed by atoms with E-state index in [0.717, 1.165) is 28.8 Å². The Balaban J connectivity index is 0.000000124. The Morgan fingerprint density at radius 3 is 0.632 bits per heavy atom. The lowest BCUT2D eigenvalue weighted by atomic mass is 9.67. The van der Waals surface area contributed by atoms with Crippen molar-refractivity contribution in [3.63, 3.8) is 0 Å². The fraction of sp³-hybridized carbons (Fsp3) is 0.215. The molecule has 7 aliphatic carbocycles. The number of rotatable bonds is 4. The monoisotopic (exact) mass is 1770 g/mol. The SMILES string of the molecule is CC1(C)OB(c2ccc3c(c2)C2(c4ccccc4-3)c3ccccc3-c3ccc(B4OC(C)(C)C(C)(C)O4)cc32)OC1(C)C.CC1(C)c2cc(Br)ccc2-c2ccc(-c3ccc4c(c3)C3(c5ccccc5-4)c4ccccc4-c4ccc(-c5ccc6c(c5)C(C)(C)c5cc(Br)ccc5-6)cc43)cc21.CC1(C)c2cc(Br)ccc2-c2ccc(Br)cc21. The highest BCUT2D eigenvalue weighted by atomic mass is 79.9. The fourth-order valence-corrected chi connectivity index (χ4v) is 22.8. The molecule has 0 bridgehead atoms. The molecule has 2 spiro atoms. The highest BCUT2D eigenvalue weighted by Crippen LogP contribution is 2.66. The minimum Gasteiger partial charge on any atom is -0.399 e. The molecular formula is C107H88B2Br4O4. The van der Waals surface area contributed by atoms with Gasteiger partial charge in [-0.3, -0.25) is 0 Å². The van der Waals surface area contributed by atoms with Gasteiger partial charge in [-0.2, -0.15) is 0 Å². The number of benzene rings is 14. The first-order valence-corrected chi connectivity index (χ1v) is 44.2. The summed E-state index contributed by atoms with van der Waals surface area (Å²) in [5.74, 6) is 0. The summed E-state index contributed by atoms with van der Waals surface area (Å²) in [6.07, 6.45) is 0. The van der Waals surface area contributed by atoms with Crippen molar-refractivity contribution in [2.75, 3.05) is 0 Å². The molecule has 23 rings (SSSR count). The molecule has 4 nitrogen and oxygen atoms in total. The smallest absolute Gasteiger partial charge is 0.399 e. The van der Waals surface area contributed by atoms with E-state index in [9.17, 15) is 0 Å². The normalized spacial score (nSPS) is 18.3. The molecule has 14 aromatic rings. The topological polar surface area (TPSA) is 36.9 Å². The van der Waals surface area contributed by atoms with Crippen LogP contribution < -0.4 is 10.9 Å². The van der Waals surface area contributed by atoms with E-state index in [1.54, 1.807) is 0 Å². The Labute approximate surface area is 722 Å². The summed E-state index contributed by atoms with van der Waals surface area (Å²) in [6, 6.07) is 105. The second kappa shape index (κ2) is 26.0. The molecule has 117 heavy (non-hydrogen) atoms. The Morgan fingerprint density at radius 2 is 0.376 bits per heavy atom. The molecule has 0 N–H and O–H groups in total. The lowest BCUT2D eigenvalue weighted by Gasteiger charge is -2.32. The molecule has 574 valence electrons. The van der Waals surface area contributed by atoms with Crippen LogP contribution in [0.15, 0.2) is 297 Å². The van der Waals surface area contributed by atoms with E-state index < -0.39 is 47.5 Å². The lowest BCUT2D eigenvalue weighted by Crippen LogP contribution is -2.41. The van der Waals surface area contributed by atoms with Crippen LogP contribution in [-0.4, -0.2) is 36.6 Å². The van der Waals surface area contributed by atoms with E-state index in [-0.39, 0.29) is 16.2 Å². The molecule has 0 radical (unpaired) electrons. The molecule has 0 atom stereocenters. The van der Waals surface area contributed by atoms with E-state index in [0.29, 0.717) is 0 Å². The van der Waals surface area contributed by atoms with Crippen molar-refractivity contribution in [2.24, 2.45) is 0 Å². The number of fused-ring (bicyclic) bond motifs is 29. The summed E-state index contributed by atoms with van der Waals surface area (Å²) in [7, 11) is -0.883. The summed E-state index contributed by atoms with van der Waals surface area (Å²) in [6.45, 7) is 30.9. The van der Waals surface area contributed by atoms with Gasteiger partial charge in [0.2, 0.25) is 0 Å². The Bertz CT molecular complexity index is 6250. The lowest BCUT2D eigenvalue weighted by molar-refractivity contribution is 0.00578. The third-order valence-electron chi connectivity index (χ3n) is 28.8. The largest absolute Gasteiger partial charge is 0.494 e. The maximum atomic E-state index is 6.55. The molecule has 0 amide bonds. The standard InChI is InChI=1S/C55H38Br2.C37H38B2O4.C15H12Br2/c1-53(2)47-25-31(13-19-39(47)41-23-17-35(56)29-49(41)53)33-15-21-43-37-9-5-7-11-45(37)55(51(43)27-33)46-12-8-6-10-38(46)44-22-16-34(28-52(44)55)32-14-20-40-42-24-18-36(57)30-50(42)54(3,4)48(40)26-32;1-33(2)34(3,4)41-38(40-33)23-17-19-27-25-13-9-11-15-29(25)37(31(27)21-23)30-16-12-10-14-26(30)28-20-18-24(22-32(28)37)39-42-35(5,6)36(7,8)43-39;1-15(2)13-7-9(16)3-5-11(13)12-6-4-10(17)8-14(12)15/h5-30H,1-4H3;9-22H,1-8H3;3-8H,1-2H3. The molecule has 2 aliphatic heterocycles. The van der Waals surface area contributed by atoms with Crippen molar-refractivity contribution in [3.05, 3.63) is 375 Å². The van der Waals surface area contributed by atoms with Gasteiger partial charge >= 0.3 is 14.2 Å². The summed E-state index contributed by atoms with van der Waals surface area (Å²) < 4.78 is 30.7. The van der Waals surface area contributed by atoms with Gasteiger partial charge in [-0.15, -0.1) is 0 Å². The molecule has 9 aliphatic rings. The predicted molar refractivity (Wildman–Crippen MR) is 498 cm³/mol. The van der Waals surface area contributed by atoms with Crippen LogP contribution >= 0.6 is 63.7 Å². The van der Waals surface area contributed by atoms with Gasteiger partial charge in [-0.05, 0) is 317 Å². The summed E-state index contributed by atoms with van der Waals surface area (Å²) in [5, 5.41) is 0.